The highest BCUT2D eigenvalue weighted by Gasteiger charge is 2.35. The van der Waals surface area contributed by atoms with Gasteiger partial charge in [-0.25, -0.2) is 0 Å². The number of benzene rings is 1. The Labute approximate surface area is 164 Å². The number of rotatable bonds is 4. The van der Waals surface area contributed by atoms with Gasteiger partial charge in [0.15, 0.2) is 0 Å². The Morgan fingerprint density at radius 3 is 2.65 bits per heavy atom. The molecule has 0 radical (unpaired) electrons. The molecule has 0 aromatic heterocycles. The van der Waals surface area contributed by atoms with Crippen molar-refractivity contribution in [2.45, 2.75) is 44.2 Å². The van der Waals surface area contributed by atoms with Crippen LogP contribution in [0.2, 0.25) is 10.0 Å². The van der Waals surface area contributed by atoms with E-state index >= 15 is 0 Å². The average Bonchev–Trinajstić information content (AvgIpc) is 3.07. The summed E-state index contributed by atoms with van der Waals surface area (Å²) in [5.41, 5.74) is 0.848. The summed E-state index contributed by atoms with van der Waals surface area (Å²) in [6, 6.07) is 5.43. The predicted molar refractivity (Wildman–Crippen MR) is 105 cm³/mol. The maximum absolute atomic E-state index is 12.9. The minimum Gasteiger partial charge on any atom is -0.341 e. The smallest absolute Gasteiger partial charge is 0.227 e. The molecule has 0 N–H and O–H groups in total. The lowest BCUT2D eigenvalue weighted by atomic mass is 9.99. The van der Waals surface area contributed by atoms with Crippen molar-refractivity contribution < 1.29 is 9.59 Å². The van der Waals surface area contributed by atoms with Crippen LogP contribution in [0, 0.1) is 0 Å². The van der Waals surface area contributed by atoms with E-state index in [-0.39, 0.29) is 24.4 Å². The van der Waals surface area contributed by atoms with E-state index in [4.69, 9.17) is 23.2 Å². The van der Waals surface area contributed by atoms with Crippen molar-refractivity contribution in [3.05, 3.63) is 46.0 Å². The molecule has 1 saturated carbocycles. The highest BCUT2D eigenvalue weighted by molar-refractivity contribution is 6.42. The van der Waals surface area contributed by atoms with Crippen molar-refractivity contribution in [2.24, 2.45) is 0 Å². The standard InChI is InChI=1S/C20H24Cl2N2O2/c1-23(20(26)12-14-7-8-16(21)17(22)11-14)18-6-4-5-15(25)13-19(18)24-9-2-3-10-24/h2-3,7-8,11,18-19H,4-6,9-10,12-13H2,1H3. The van der Waals surface area contributed by atoms with Gasteiger partial charge in [0, 0.05) is 45.1 Å². The van der Waals surface area contributed by atoms with Gasteiger partial charge in [-0.05, 0) is 30.5 Å². The SMILES string of the molecule is CN(C(=O)Cc1ccc(Cl)c(Cl)c1)C1CCCC(=O)CC1N1CC=CC1. The molecule has 6 heteroatoms. The van der Waals surface area contributed by atoms with E-state index in [9.17, 15) is 9.59 Å². The van der Waals surface area contributed by atoms with Crippen molar-refractivity contribution in [1.29, 1.82) is 0 Å². The van der Waals surface area contributed by atoms with Crippen LogP contribution in [0.25, 0.3) is 0 Å². The van der Waals surface area contributed by atoms with Gasteiger partial charge in [-0.15, -0.1) is 0 Å². The quantitative estimate of drug-likeness (QED) is 0.576. The van der Waals surface area contributed by atoms with Gasteiger partial charge in [0.2, 0.25) is 5.91 Å². The van der Waals surface area contributed by atoms with Crippen LogP contribution in [-0.4, -0.2) is 53.7 Å². The van der Waals surface area contributed by atoms with Gasteiger partial charge in [-0.3, -0.25) is 14.5 Å². The molecule has 0 saturated heterocycles. The Balaban J connectivity index is 1.73. The van der Waals surface area contributed by atoms with Gasteiger partial charge < -0.3 is 4.90 Å². The zero-order valence-electron chi connectivity index (χ0n) is 15.0. The molecule has 1 heterocycles. The molecule has 1 aliphatic heterocycles. The zero-order chi connectivity index (χ0) is 18.7. The zero-order valence-corrected chi connectivity index (χ0v) is 16.5. The first-order chi connectivity index (χ1) is 12.5. The number of nitrogens with zero attached hydrogens (tertiary/aromatic N) is 2. The third-order valence-corrected chi connectivity index (χ3v) is 6.12. The molecule has 140 valence electrons. The van der Waals surface area contributed by atoms with E-state index in [1.165, 1.54) is 0 Å². The maximum Gasteiger partial charge on any atom is 0.227 e. The van der Waals surface area contributed by atoms with Gasteiger partial charge in [-0.1, -0.05) is 41.4 Å². The number of Topliss-reactive ketones (excluding diaryl/α,β-unsaturated/α-hetero) is 1. The molecule has 4 nitrogen and oxygen atoms in total. The monoisotopic (exact) mass is 394 g/mol. The number of carbonyl (C=O) groups excluding carboxylic acids is 2. The Kier molecular flexibility index (Phi) is 6.38. The molecule has 1 amide bonds. The van der Waals surface area contributed by atoms with Gasteiger partial charge in [0.05, 0.1) is 16.5 Å². The van der Waals surface area contributed by atoms with Gasteiger partial charge >= 0.3 is 0 Å². The summed E-state index contributed by atoms with van der Waals surface area (Å²) >= 11 is 12.0. The number of likely N-dealkylation sites (N-methyl/N-ethyl adjacent to an activating group) is 1. The van der Waals surface area contributed by atoms with Crippen LogP contribution in [-0.2, 0) is 16.0 Å². The van der Waals surface area contributed by atoms with Crippen molar-refractivity contribution in [1.82, 2.24) is 9.80 Å². The summed E-state index contributed by atoms with van der Waals surface area (Å²) in [6.45, 7) is 1.70. The fraction of sp³-hybridized carbons (Fsp3) is 0.500. The molecular weight excluding hydrogens is 371 g/mol. The molecule has 1 aromatic rings. The molecule has 3 rings (SSSR count). The summed E-state index contributed by atoms with van der Waals surface area (Å²) in [4.78, 5) is 29.2. The summed E-state index contributed by atoms with van der Waals surface area (Å²) in [5.74, 6) is 0.342. The van der Waals surface area contributed by atoms with Crippen LogP contribution in [0.4, 0.5) is 0 Å². The lowest BCUT2D eigenvalue weighted by Crippen LogP contribution is -2.52. The summed E-state index contributed by atoms with van der Waals surface area (Å²) in [7, 11) is 1.86. The Morgan fingerprint density at radius 1 is 1.23 bits per heavy atom. The van der Waals surface area contributed by atoms with E-state index in [1.54, 1.807) is 12.1 Å². The first-order valence-corrected chi connectivity index (χ1v) is 9.81. The minimum absolute atomic E-state index is 0.0416. The first kappa shape index (κ1) is 19.4. The lowest BCUT2D eigenvalue weighted by Gasteiger charge is -2.38. The lowest BCUT2D eigenvalue weighted by molar-refractivity contribution is -0.133. The number of ketones is 1. The highest BCUT2D eigenvalue weighted by atomic mass is 35.5. The van der Waals surface area contributed by atoms with Gasteiger partial charge in [0.1, 0.15) is 5.78 Å². The molecule has 0 spiro atoms. The number of hydrogen-bond acceptors (Lipinski definition) is 3. The summed E-state index contributed by atoms with van der Waals surface area (Å²) in [6.07, 6.45) is 7.37. The van der Waals surface area contributed by atoms with E-state index < -0.39 is 0 Å². The van der Waals surface area contributed by atoms with Gasteiger partial charge in [0.25, 0.3) is 0 Å². The largest absolute Gasteiger partial charge is 0.341 e. The third-order valence-electron chi connectivity index (χ3n) is 5.38. The van der Waals surface area contributed by atoms with E-state index in [0.29, 0.717) is 28.7 Å². The molecule has 26 heavy (non-hydrogen) atoms. The minimum atomic E-state index is 0.0416. The average molecular weight is 395 g/mol. The van der Waals surface area contributed by atoms with Crippen molar-refractivity contribution >= 4 is 34.9 Å². The highest BCUT2D eigenvalue weighted by Crippen LogP contribution is 2.27. The van der Waals surface area contributed by atoms with Crippen LogP contribution in [0.5, 0.6) is 0 Å². The molecule has 2 atom stereocenters. The van der Waals surface area contributed by atoms with Crippen LogP contribution < -0.4 is 0 Å². The predicted octanol–water partition coefficient (Wildman–Crippen LogP) is 3.75. The molecular formula is C20H24Cl2N2O2. The van der Waals surface area contributed by atoms with Crippen LogP contribution in [0.3, 0.4) is 0 Å². The molecule has 2 aliphatic rings. The molecule has 1 aliphatic carbocycles. The first-order valence-electron chi connectivity index (χ1n) is 9.06. The fourth-order valence-electron chi connectivity index (χ4n) is 3.90. The molecule has 2 unspecified atom stereocenters. The van der Waals surface area contributed by atoms with Crippen molar-refractivity contribution in [3.63, 3.8) is 0 Å². The second-order valence-corrected chi connectivity index (χ2v) is 7.94. The van der Waals surface area contributed by atoms with E-state index in [1.807, 2.05) is 18.0 Å². The van der Waals surface area contributed by atoms with Crippen LogP contribution >= 0.6 is 23.2 Å². The number of halogens is 2. The Bertz CT molecular complexity index is 712. The Hall–Kier alpha value is -1.36. The summed E-state index contributed by atoms with van der Waals surface area (Å²) < 4.78 is 0. The van der Waals surface area contributed by atoms with E-state index in [2.05, 4.69) is 17.1 Å². The van der Waals surface area contributed by atoms with E-state index in [0.717, 1.165) is 31.5 Å². The second-order valence-electron chi connectivity index (χ2n) is 7.12. The molecule has 1 fully saturated rings. The maximum atomic E-state index is 12.9. The fourth-order valence-corrected chi connectivity index (χ4v) is 4.22. The number of amides is 1. The van der Waals surface area contributed by atoms with Gasteiger partial charge in [-0.2, -0.15) is 0 Å². The second kappa shape index (κ2) is 8.55. The van der Waals surface area contributed by atoms with Crippen LogP contribution in [0.15, 0.2) is 30.4 Å². The Morgan fingerprint density at radius 2 is 1.96 bits per heavy atom. The van der Waals surface area contributed by atoms with Crippen LogP contribution in [0.1, 0.15) is 31.2 Å². The number of carbonyl (C=O) groups is 2. The topological polar surface area (TPSA) is 40.6 Å². The molecule has 1 aromatic carbocycles. The van der Waals surface area contributed by atoms with Crippen molar-refractivity contribution in [3.8, 4) is 0 Å². The third kappa shape index (κ3) is 4.48. The normalized spacial score (nSPS) is 23.9. The summed E-state index contributed by atoms with van der Waals surface area (Å²) in [5, 5.41) is 0.945. The van der Waals surface area contributed by atoms with Crippen molar-refractivity contribution in [2.75, 3.05) is 20.1 Å². The molecule has 0 bridgehead atoms. The number of hydrogen-bond donors (Lipinski definition) is 0.